The average Bonchev–Trinajstić information content (AvgIpc) is 2.94. The van der Waals surface area contributed by atoms with Crippen molar-refractivity contribution in [2.24, 2.45) is 0 Å². The van der Waals surface area contributed by atoms with Crippen molar-refractivity contribution in [2.75, 3.05) is 7.11 Å². The number of thioether (sulfide) groups is 1. The van der Waals surface area contributed by atoms with Crippen molar-refractivity contribution in [3.8, 4) is 17.1 Å². The summed E-state index contributed by atoms with van der Waals surface area (Å²) in [5.41, 5.74) is 7.16. The summed E-state index contributed by atoms with van der Waals surface area (Å²) in [6, 6.07) is 6.17. The molecule has 0 spiro atoms. The molecule has 0 saturated heterocycles. The van der Waals surface area contributed by atoms with Gasteiger partial charge in [0.2, 0.25) is 0 Å². The SMILES string of the molecule is COc1ccc2[nH]c3c(c2c1)CSCc1c-3n[nH]c1C. The van der Waals surface area contributed by atoms with Crippen molar-refractivity contribution in [3.05, 3.63) is 35.0 Å². The highest BCUT2D eigenvalue weighted by Crippen LogP contribution is 2.40. The predicted octanol–water partition coefficient (Wildman–Crippen LogP) is 3.62. The summed E-state index contributed by atoms with van der Waals surface area (Å²) in [5, 5.41) is 8.84. The highest BCUT2D eigenvalue weighted by molar-refractivity contribution is 7.97. The van der Waals surface area contributed by atoms with E-state index in [0.29, 0.717) is 0 Å². The molecule has 0 aliphatic carbocycles. The Hall–Kier alpha value is -1.88. The zero-order chi connectivity index (χ0) is 13.7. The number of hydrogen-bond donors (Lipinski definition) is 2. The number of fused-ring (bicyclic) bond motifs is 5. The van der Waals surface area contributed by atoms with Crippen molar-refractivity contribution < 1.29 is 4.74 Å². The van der Waals surface area contributed by atoms with Crippen LogP contribution < -0.4 is 4.74 Å². The second-order valence-corrected chi connectivity index (χ2v) is 6.04. The van der Waals surface area contributed by atoms with Gasteiger partial charge in [0.15, 0.2) is 0 Å². The van der Waals surface area contributed by atoms with Gasteiger partial charge in [0.25, 0.3) is 0 Å². The predicted molar refractivity (Wildman–Crippen MR) is 82.2 cm³/mol. The van der Waals surface area contributed by atoms with E-state index < -0.39 is 0 Å². The van der Waals surface area contributed by atoms with Crippen molar-refractivity contribution in [1.82, 2.24) is 15.2 Å². The van der Waals surface area contributed by atoms with E-state index in [2.05, 4.69) is 34.2 Å². The molecular formula is C15H15N3OS. The lowest BCUT2D eigenvalue weighted by Gasteiger charge is -2.01. The number of hydrogen-bond acceptors (Lipinski definition) is 3. The van der Waals surface area contributed by atoms with Crippen molar-refractivity contribution in [3.63, 3.8) is 0 Å². The monoisotopic (exact) mass is 285 g/mol. The molecule has 0 saturated carbocycles. The van der Waals surface area contributed by atoms with Gasteiger partial charge in [-0.05, 0) is 30.7 Å². The second-order valence-electron chi connectivity index (χ2n) is 5.06. The molecule has 0 amide bonds. The summed E-state index contributed by atoms with van der Waals surface area (Å²) < 4.78 is 5.35. The zero-order valence-corrected chi connectivity index (χ0v) is 12.2. The summed E-state index contributed by atoms with van der Waals surface area (Å²) in [6.07, 6.45) is 0. The maximum atomic E-state index is 5.35. The van der Waals surface area contributed by atoms with Crippen LogP contribution in [0.4, 0.5) is 0 Å². The van der Waals surface area contributed by atoms with E-state index in [1.165, 1.54) is 16.5 Å². The fourth-order valence-corrected chi connectivity index (χ4v) is 3.96. The highest BCUT2D eigenvalue weighted by atomic mass is 32.2. The lowest BCUT2D eigenvalue weighted by atomic mass is 10.1. The molecule has 2 N–H and O–H groups in total. The van der Waals surface area contributed by atoms with E-state index in [9.17, 15) is 0 Å². The first-order valence-electron chi connectivity index (χ1n) is 6.58. The molecule has 4 nitrogen and oxygen atoms in total. The highest BCUT2D eigenvalue weighted by Gasteiger charge is 2.23. The number of aromatic nitrogens is 3. The van der Waals surface area contributed by atoms with Gasteiger partial charge >= 0.3 is 0 Å². The summed E-state index contributed by atoms with van der Waals surface area (Å²) in [6.45, 7) is 2.09. The Kier molecular flexibility index (Phi) is 2.57. The number of ether oxygens (including phenoxy) is 1. The van der Waals surface area contributed by atoms with Gasteiger partial charge in [-0.3, -0.25) is 5.10 Å². The van der Waals surface area contributed by atoms with Crippen LogP contribution >= 0.6 is 11.8 Å². The van der Waals surface area contributed by atoms with Crippen molar-refractivity contribution in [1.29, 1.82) is 0 Å². The van der Waals surface area contributed by atoms with E-state index >= 15 is 0 Å². The Morgan fingerprint density at radius 3 is 2.95 bits per heavy atom. The van der Waals surface area contributed by atoms with Gasteiger partial charge in [0.1, 0.15) is 11.4 Å². The maximum absolute atomic E-state index is 5.35. The Bertz CT molecular complexity index is 803. The number of methoxy groups -OCH3 is 1. The van der Waals surface area contributed by atoms with Gasteiger partial charge in [0.05, 0.1) is 12.8 Å². The molecule has 0 bridgehead atoms. The Balaban J connectivity index is 2.02. The van der Waals surface area contributed by atoms with E-state index in [0.717, 1.165) is 39.9 Å². The molecular weight excluding hydrogens is 270 g/mol. The summed E-state index contributed by atoms with van der Waals surface area (Å²) in [7, 11) is 1.70. The first-order chi connectivity index (χ1) is 9.78. The maximum Gasteiger partial charge on any atom is 0.119 e. The third-order valence-corrected chi connectivity index (χ3v) is 4.90. The molecule has 0 fully saturated rings. The van der Waals surface area contributed by atoms with Gasteiger partial charge in [0, 0.05) is 33.7 Å². The summed E-state index contributed by atoms with van der Waals surface area (Å²) in [4.78, 5) is 3.53. The molecule has 0 atom stereocenters. The van der Waals surface area contributed by atoms with Crippen molar-refractivity contribution in [2.45, 2.75) is 18.4 Å². The first kappa shape index (κ1) is 11.9. The fraction of sp³-hybridized carbons (Fsp3) is 0.267. The van der Waals surface area contributed by atoms with Crippen LogP contribution in [0.25, 0.3) is 22.3 Å². The van der Waals surface area contributed by atoms with Gasteiger partial charge in [-0.15, -0.1) is 0 Å². The Morgan fingerprint density at radius 2 is 2.10 bits per heavy atom. The van der Waals surface area contributed by atoms with Crippen LogP contribution in [-0.4, -0.2) is 22.3 Å². The van der Waals surface area contributed by atoms with Gasteiger partial charge in [-0.1, -0.05) is 0 Å². The van der Waals surface area contributed by atoms with Crippen LogP contribution in [0, 0.1) is 6.92 Å². The molecule has 1 aromatic carbocycles. The van der Waals surface area contributed by atoms with E-state index in [1.807, 2.05) is 17.8 Å². The molecule has 3 heterocycles. The number of aryl methyl sites for hydroxylation is 1. The summed E-state index contributed by atoms with van der Waals surface area (Å²) in [5.74, 6) is 2.90. The van der Waals surface area contributed by atoms with Crippen LogP contribution in [0.1, 0.15) is 16.8 Å². The van der Waals surface area contributed by atoms with Crippen LogP contribution in [0.15, 0.2) is 18.2 Å². The lowest BCUT2D eigenvalue weighted by molar-refractivity contribution is 0.415. The molecule has 102 valence electrons. The minimum atomic E-state index is 0.895. The van der Waals surface area contributed by atoms with Crippen LogP contribution in [-0.2, 0) is 11.5 Å². The minimum absolute atomic E-state index is 0.895. The molecule has 3 aromatic rings. The first-order valence-corrected chi connectivity index (χ1v) is 7.74. The third-order valence-electron chi connectivity index (χ3n) is 3.92. The largest absolute Gasteiger partial charge is 0.497 e. The molecule has 1 aliphatic heterocycles. The zero-order valence-electron chi connectivity index (χ0n) is 11.4. The number of nitrogens with one attached hydrogen (secondary N) is 2. The van der Waals surface area contributed by atoms with Crippen LogP contribution in [0.2, 0.25) is 0 Å². The average molecular weight is 285 g/mol. The Labute approximate surface area is 120 Å². The van der Waals surface area contributed by atoms with Crippen LogP contribution in [0.5, 0.6) is 5.75 Å². The standard InChI is InChI=1S/C15H15N3OS/c1-8-11-6-20-7-12-10-5-9(19-2)3-4-13(10)16-14(12)15(11)18-17-8/h3-5,16H,6-7H2,1-2H3,(H,17,18). The number of nitrogens with zero attached hydrogens (tertiary/aromatic N) is 1. The van der Waals surface area contributed by atoms with Gasteiger partial charge in [-0.25, -0.2) is 0 Å². The number of benzene rings is 1. The van der Waals surface area contributed by atoms with E-state index in [1.54, 1.807) is 7.11 Å². The fourth-order valence-electron chi connectivity index (χ4n) is 2.80. The number of H-pyrrole nitrogens is 2. The van der Waals surface area contributed by atoms with Gasteiger partial charge < -0.3 is 9.72 Å². The van der Waals surface area contributed by atoms with E-state index in [4.69, 9.17) is 4.74 Å². The molecule has 20 heavy (non-hydrogen) atoms. The molecule has 0 unspecified atom stereocenters. The quantitative estimate of drug-likeness (QED) is 0.718. The molecule has 2 aromatic heterocycles. The smallest absolute Gasteiger partial charge is 0.119 e. The number of aromatic amines is 2. The Morgan fingerprint density at radius 1 is 1.25 bits per heavy atom. The lowest BCUT2D eigenvalue weighted by Crippen LogP contribution is -1.85. The molecule has 4 rings (SSSR count). The summed E-state index contributed by atoms with van der Waals surface area (Å²) >= 11 is 1.93. The topological polar surface area (TPSA) is 53.7 Å². The van der Waals surface area contributed by atoms with Crippen LogP contribution in [0.3, 0.4) is 0 Å². The van der Waals surface area contributed by atoms with E-state index in [-0.39, 0.29) is 0 Å². The van der Waals surface area contributed by atoms with Gasteiger partial charge in [-0.2, -0.15) is 16.9 Å². The molecule has 5 heteroatoms. The second kappa shape index (κ2) is 4.31. The molecule has 0 radical (unpaired) electrons. The number of rotatable bonds is 1. The molecule has 1 aliphatic rings. The normalized spacial score (nSPS) is 13.9. The third kappa shape index (κ3) is 1.59. The van der Waals surface area contributed by atoms with Crippen molar-refractivity contribution >= 4 is 22.7 Å². The minimum Gasteiger partial charge on any atom is -0.497 e.